The number of aliphatic hydroxyl groups is 2. The predicted octanol–water partition coefficient (Wildman–Crippen LogP) is 3.45. The summed E-state index contributed by atoms with van der Waals surface area (Å²) in [6, 6.07) is 3.96. The fourth-order valence-corrected chi connectivity index (χ4v) is 10.00. The maximum Gasteiger partial charge on any atom is 0.481 e. The molecular formula is C41H58N7O18P3S. The number of benzene rings is 1. The van der Waals surface area contributed by atoms with Crippen molar-refractivity contribution >= 4 is 75.2 Å². The second-order valence-corrected chi connectivity index (χ2v) is 21.7. The van der Waals surface area contributed by atoms with Crippen LogP contribution in [-0.2, 0) is 50.7 Å². The maximum atomic E-state index is 12.8. The van der Waals surface area contributed by atoms with Gasteiger partial charge in [-0.3, -0.25) is 32.5 Å². The van der Waals surface area contributed by atoms with Gasteiger partial charge in [0.15, 0.2) is 17.7 Å². The number of hydrogen-bond donors (Lipinski definition) is 9. The number of nitrogens with zero attached hydrogens (tertiary/aromatic N) is 4. The number of fused-ring (bicyclic) bond motifs is 1. The molecule has 1 fully saturated rings. The Morgan fingerprint density at radius 3 is 2.31 bits per heavy atom. The zero-order chi connectivity index (χ0) is 52.2. The number of methoxy groups -OCH3 is 1. The molecule has 1 aliphatic heterocycles. The zero-order valence-electron chi connectivity index (χ0n) is 39.1. The number of phosphoric ester groups is 3. The third-order valence-corrected chi connectivity index (χ3v) is 14.0. The molecule has 1 saturated heterocycles. The Morgan fingerprint density at radius 2 is 1.66 bits per heavy atom. The first-order chi connectivity index (χ1) is 32.6. The number of thioether (sulfide) groups is 1. The summed E-state index contributed by atoms with van der Waals surface area (Å²) in [4.78, 5) is 88.7. The number of amides is 2. The standard InChI is InChI=1S/C41H58N7O18P3S/c1-24(11-12-29-26(3)18-28(61-7)19-27(29)4)9-8-10-25(2)17-32(50)70-16-15-43-31(49)13-14-44-39(53)36(52)41(5,6)21-63-69(59,60)66-68(57,58)62-20-30-35(65-67(54,55)56)34(51)40(64-30)48-23-47-33-37(42)45-22-46-38(33)48/h8-12,17-19,22-23,30,34-36,40,51-52H,13-16,20-21H2,1-7H3,(H,43,49)(H,44,53)(H,57,58)(H,59,60)(H2,42,45,46)(H2,54,55,56)/b10-8+,12-11+,24-9+,25-17+/t30-,34-,35-,36+,40-/m1/s1. The van der Waals surface area contributed by atoms with Gasteiger partial charge in [-0.1, -0.05) is 61.6 Å². The van der Waals surface area contributed by atoms with Crippen LogP contribution in [0, 0.1) is 19.3 Å². The highest BCUT2D eigenvalue weighted by molar-refractivity contribution is 8.14. The van der Waals surface area contributed by atoms with Crippen LogP contribution in [0.25, 0.3) is 17.2 Å². The van der Waals surface area contributed by atoms with Crippen LogP contribution in [0.15, 0.2) is 66.3 Å². The predicted molar refractivity (Wildman–Crippen MR) is 255 cm³/mol. The molecule has 0 radical (unpaired) electrons. The van der Waals surface area contributed by atoms with E-state index in [4.69, 9.17) is 24.3 Å². The Balaban J connectivity index is 1.16. The van der Waals surface area contributed by atoms with Gasteiger partial charge in [0.25, 0.3) is 0 Å². The summed E-state index contributed by atoms with van der Waals surface area (Å²) in [5.74, 6) is -0.423. The van der Waals surface area contributed by atoms with Crippen LogP contribution in [0.3, 0.4) is 0 Å². The topological polar surface area (TPSA) is 373 Å². The molecular weight excluding hydrogens is 1000 g/mol. The van der Waals surface area contributed by atoms with Crippen LogP contribution in [0.4, 0.5) is 5.82 Å². The fourth-order valence-electron chi connectivity index (χ4n) is 6.50. The molecule has 0 aliphatic carbocycles. The number of anilines is 1. The summed E-state index contributed by atoms with van der Waals surface area (Å²) in [6.07, 6.45) is 4.09. The number of aromatic nitrogens is 4. The quantitative estimate of drug-likeness (QED) is 0.0254. The van der Waals surface area contributed by atoms with E-state index in [2.05, 4.69) is 34.4 Å². The number of phosphoric acid groups is 3. The van der Waals surface area contributed by atoms with Crippen molar-refractivity contribution in [1.29, 1.82) is 0 Å². The van der Waals surface area contributed by atoms with Gasteiger partial charge in [0.05, 0.1) is 26.7 Å². The Labute approximate surface area is 407 Å². The third-order valence-electron chi connectivity index (χ3n) is 10.1. The molecule has 0 bridgehead atoms. The van der Waals surface area contributed by atoms with E-state index in [9.17, 15) is 57.9 Å². The summed E-state index contributed by atoms with van der Waals surface area (Å²) in [6.45, 7) is 8.18. The molecule has 7 atom stereocenters. The summed E-state index contributed by atoms with van der Waals surface area (Å²) < 4.78 is 67.8. The minimum Gasteiger partial charge on any atom is -0.497 e. The number of allylic oxidation sites excluding steroid dienone is 6. The summed E-state index contributed by atoms with van der Waals surface area (Å²) >= 11 is 1.00. The van der Waals surface area contributed by atoms with E-state index in [-0.39, 0.29) is 47.4 Å². The van der Waals surface area contributed by atoms with Gasteiger partial charge in [0.2, 0.25) is 16.9 Å². The Morgan fingerprint density at radius 1 is 0.986 bits per heavy atom. The van der Waals surface area contributed by atoms with Gasteiger partial charge >= 0.3 is 23.5 Å². The first-order valence-corrected chi connectivity index (χ1v) is 26.5. The number of carbonyl (C=O) groups is 3. The van der Waals surface area contributed by atoms with Crippen molar-refractivity contribution in [2.75, 3.05) is 44.9 Å². The van der Waals surface area contributed by atoms with E-state index < -0.39 is 84.6 Å². The number of imidazole rings is 1. The fraction of sp³-hybridized carbons (Fsp3) is 0.463. The Hall–Kier alpha value is -4.46. The average molecular weight is 1060 g/mol. The summed E-state index contributed by atoms with van der Waals surface area (Å²) in [7, 11) is -14.8. The Kier molecular flexibility index (Phi) is 21.0. The number of ether oxygens (including phenoxy) is 2. The van der Waals surface area contributed by atoms with E-state index in [0.29, 0.717) is 0 Å². The van der Waals surface area contributed by atoms with Gasteiger partial charge in [0, 0.05) is 30.7 Å². The highest BCUT2D eigenvalue weighted by Crippen LogP contribution is 2.61. The number of nitrogens with two attached hydrogens (primary N) is 1. The van der Waals surface area contributed by atoms with Gasteiger partial charge in [-0.05, 0) is 68.2 Å². The third kappa shape index (κ3) is 17.7. The van der Waals surface area contributed by atoms with Crippen molar-refractivity contribution in [3.05, 3.63) is 83.0 Å². The molecule has 2 aromatic heterocycles. The second kappa shape index (κ2) is 25.3. The van der Waals surface area contributed by atoms with Gasteiger partial charge < -0.3 is 55.6 Å². The van der Waals surface area contributed by atoms with Gasteiger partial charge in [-0.25, -0.2) is 28.6 Å². The molecule has 386 valence electrons. The van der Waals surface area contributed by atoms with E-state index in [1.54, 1.807) is 20.1 Å². The van der Waals surface area contributed by atoms with Crippen LogP contribution in [0.5, 0.6) is 5.75 Å². The SMILES string of the molecule is COc1cc(C)c(/C=C/C(C)=C/C=C/C(C)=C/C(=O)SCCNC(=O)CCNC(=O)[C@H](O)C(C)(C)COP(=O)(O)OP(=O)(O)OC[C@H]2O[C@@H](n3cnc4c(N)ncnc43)[C@H](O)[C@@H]2OP(=O)(O)O)c(C)c1. The smallest absolute Gasteiger partial charge is 0.481 e. The number of aliphatic hydroxyl groups excluding tert-OH is 2. The number of aryl methyl sites for hydroxylation is 2. The van der Waals surface area contributed by atoms with Crippen LogP contribution in [0.1, 0.15) is 57.0 Å². The molecule has 4 rings (SSSR count). The summed E-state index contributed by atoms with van der Waals surface area (Å²) in [5, 5.41) is 26.4. The number of nitrogen functional groups attached to an aromatic ring is 1. The van der Waals surface area contributed by atoms with E-state index in [0.717, 1.165) is 62.6 Å². The van der Waals surface area contributed by atoms with Gasteiger partial charge in [-0.2, -0.15) is 4.31 Å². The monoisotopic (exact) mass is 1060 g/mol. The normalized spacial score (nSPS) is 20.4. The number of nitrogens with one attached hydrogen (secondary N) is 2. The van der Waals surface area contributed by atoms with Crippen molar-refractivity contribution in [2.24, 2.45) is 5.41 Å². The molecule has 2 amide bonds. The maximum absolute atomic E-state index is 12.8. The molecule has 3 aromatic rings. The van der Waals surface area contributed by atoms with E-state index in [1.165, 1.54) is 19.9 Å². The number of rotatable bonds is 25. The van der Waals surface area contributed by atoms with Crippen LogP contribution in [0.2, 0.25) is 0 Å². The number of hydrogen-bond acceptors (Lipinski definition) is 19. The molecule has 1 aromatic carbocycles. The van der Waals surface area contributed by atoms with Crippen LogP contribution >= 0.6 is 35.2 Å². The minimum absolute atomic E-state index is 0.0256. The molecule has 29 heteroatoms. The first kappa shape index (κ1) is 58.1. The van der Waals surface area contributed by atoms with Crippen molar-refractivity contribution in [3.8, 4) is 5.75 Å². The molecule has 0 saturated carbocycles. The second-order valence-electron chi connectivity index (χ2n) is 16.4. The van der Waals surface area contributed by atoms with Crippen molar-refractivity contribution in [1.82, 2.24) is 30.2 Å². The van der Waals surface area contributed by atoms with Crippen LogP contribution < -0.4 is 21.1 Å². The minimum atomic E-state index is -5.59. The molecule has 3 heterocycles. The highest BCUT2D eigenvalue weighted by Gasteiger charge is 2.50. The lowest BCUT2D eigenvalue weighted by Gasteiger charge is -2.30. The van der Waals surface area contributed by atoms with Crippen molar-refractivity contribution in [3.63, 3.8) is 0 Å². The molecule has 10 N–H and O–H groups in total. The lowest BCUT2D eigenvalue weighted by molar-refractivity contribution is -0.137. The highest BCUT2D eigenvalue weighted by atomic mass is 32.2. The van der Waals surface area contributed by atoms with Crippen LogP contribution in [-0.4, -0.2) is 130 Å². The first-order valence-electron chi connectivity index (χ1n) is 21.0. The number of carbonyl (C=O) groups excluding carboxylic acids is 3. The zero-order valence-corrected chi connectivity index (χ0v) is 42.6. The van der Waals surface area contributed by atoms with Crippen molar-refractivity contribution in [2.45, 2.75) is 78.6 Å². The molecule has 1 aliphatic rings. The van der Waals surface area contributed by atoms with Gasteiger partial charge in [0.1, 0.15) is 42.0 Å². The molecule has 0 spiro atoms. The summed E-state index contributed by atoms with van der Waals surface area (Å²) in [5.41, 5.74) is 9.29. The lowest BCUT2D eigenvalue weighted by atomic mass is 9.87. The van der Waals surface area contributed by atoms with Crippen molar-refractivity contribution < 1.29 is 85.2 Å². The molecule has 25 nitrogen and oxygen atoms in total. The average Bonchev–Trinajstić information content (AvgIpc) is 3.82. The van der Waals surface area contributed by atoms with E-state index in [1.807, 2.05) is 57.2 Å². The molecule has 70 heavy (non-hydrogen) atoms. The van der Waals surface area contributed by atoms with E-state index >= 15 is 0 Å². The molecule has 2 unspecified atom stereocenters. The Bertz CT molecular complexity index is 2610. The lowest BCUT2D eigenvalue weighted by Crippen LogP contribution is -2.46. The largest absolute Gasteiger partial charge is 0.497 e. The van der Waals surface area contributed by atoms with Gasteiger partial charge in [-0.15, -0.1) is 0 Å².